The predicted octanol–water partition coefficient (Wildman–Crippen LogP) is 1.93. The van der Waals surface area contributed by atoms with Gasteiger partial charge < -0.3 is 5.32 Å². The maximum atomic E-state index is 11.4. The molecule has 6 heteroatoms. The average Bonchev–Trinajstić information content (AvgIpc) is 2.39. The van der Waals surface area contributed by atoms with Gasteiger partial charge in [-0.15, -0.1) is 11.8 Å². The Labute approximate surface area is 119 Å². The Morgan fingerprint density at radius 1 is 1.21 bits per heavy atom. The zero-order valence-corrected chi connectivity index (χ0v) is 12.9. The van der Waals surface area contributed by atoms with E-state index >= 15 is 0 Å². The molecule has 1 aliphatic rings. The zero-order valence-electron chi connectivity index (χ0n) is 11.3. The fourth-order valence-corrected chi connectivity index (χ4v) is 3.69. The van der Waals surface area contributed by atoms with Gasteiger partial charge in [0.05, 0.1) is 11.9 Å². The maximum absolute atomic E-state index is 11.4. The average molecular weight is 300 g/mol. The molecule has 19 heavy (non-hydrogen) atoms. The van der Waals surface area contributed by atoms with Crippen molar-refractivity contribution in [3.05, 3.63) is 24.3 Å². The molecule has 1 saturated heterocycles. The van der Waals surface area contributed by atoms with Crippen LogP contribution in [-0.4, -0.2) is 40.1 Å². The highest BCUT2D eigenvalue weighted by Crippen LogP contribution is 2.30. The highest BCUT2D eigenvalue weighted by Gasteiger charge is 2.15. The van der Waals surface area contributed by atoms with Crippen LogP contribution in [0.15, 0.2) is 29.2 Å². The summed E-state index contributed by atoms with van der Waals surface area (Å²) >= 11 is 1.88. The molecule has 1 heterocycles. The van der Waals surface area contributed by atoms with Crippen LogP contribution in [0.4, 0.5) is 5.69 Å². The van der Waals surface area contributed by atoms with Gasteiger partial charge in [-0.05, 0) is 50.2 Å². The molecule has 0 aliphatic carbocycles. The summed E-state index contributed by atoms with van der Waals surface area (Å²) in [7, 11) is -1.60. The van der Waals surface area contributed by atoms with Crippen molar-refractivity contribution < 1.29 is 8.42 Å². The summed E-state index contributed by atoms with van der Waals surface area (Å²) < 4.78 is 24.2. The number of hydrogen-bond acceptors (Lipinski definition) is 4. The van der Waals surface area contributed by atoms with Crippen molar-refractivity contribution in [3.8, 4) is 0 Å². The minimum atomic E-state index is -3.18. The van der Waals surface area contributed by atoms with Crippen LogP contribution in [0.1, 0.15) is 12.8 Å². The highest BCUT2D eigenvalue weighted by atomic mass is 32.2. The van der Waals surface area contributed by atoms with Crippen molar-refractivity contribution in [2.75, 3.05) is 30.7 Å². The fourth-order valence-electron chi connectivity index (χ4n) is 2.03. The van der Waals surface area contributed by atoms with Gasteiger partial charge in [0, 0.05) is 17.2 Å². The van der Waals surface area contributed by atoms with Crippen LogP contribution in [0.3, 0.4) is 0 Å². The number of nitrogens with zero attached hydrogens (tertiary/aromatic N) is 1. The molecule has 0 bridgehead atoms. The summed E-state index contributed by atoms with van der Waals surface area (Å²) in [5.74, 6) is 0. The Morgan fingerprint density at radius 2 is 1.79 bits per heavy atom. The van der Waals surface area contributed by atoms with E-state index in [0.717, 1.165) is 13.1 Å². The fraction of sp³-hybridized carbons (Fsp3) is 0.538. The topological polar surface area (TPSA) is 49.4 Å². The zero-order chi connectivity index (χ0) is 13.9. The van der Waals surface area contributed by atoms with Gasteiger partial charge in [0.1, 0.15) is 0 Å². The van der Waals surface area contributed by atoms with Gasteiger partial charge in [-0.2, -0.15) is 0 Å². The third kappa shape index (κ3) is 4.12. The van der Waals surface area contributed by atoms with Crippen LogP contribution >= 0.6 is 11.8 Å². The number of nitrogens with one attached hydrogen (secondary N) is 1. The van der Waals surface area contributed by atoms with E-state index in [2.05, 4.69) is 5.32 Å². The second-order valence-corrected chi connectivity index (χ2v) is 8.18. The number of benzene rings is 1. The Kier molecular flexibility index (Phi) is 4.76. The molecule has 0 atom stereocenters. The minimum Gasteiger partial charge on any atom is -0.317 e. The van der Waals surface area contributed by atoms with Crippen molar-refractivity contribution in [2.24, 2.45) is 0 Å². The summed E-state index contributed by atoms with van der Waals surface area (Å²) in [5, 5.41) is 4.02. The summed E-state index contributed by atoms with van der Waals surface area (Å²) in [6.07, 6.45) is 3.59. The molecule has 4 nitrogen and oxygen atoms in total. The lowest BCUT2D eigenvalue weighted by Crippen LogP contribution is -2.29. The van der Waals surface area contributed by atoms with E-state index in [0.29, 0.717) is 10.9 Å². The summed E-state index contributed by atoms with van der Waals surface area (Å²) in [6, 6.07) is 7.74. The first kappa shape index (κ1) is 14.7. The van der Waals surface area contributed by atoms with Gasteiger partial charge in [0.15, 0.2) is 0 Å². The maximum Gasteiger partial charge on any atom is 0.231 e. The molecule has 0 spiro atoms. The molecular formula is C13H20N2O2S2. The smallest absolute Gasteiger partial charge is 0.231 e. The van der Waals surface area contributed by atoms with E-state index in [-0.39, 0.29) is 0 Å². The van der Waals surface area contributed by atoms with E-state index in [9.17, 15) is 8.42 Å². The van der Waals surface area contributed by atoms with Crippen molar-refractivity contribution in [2.45, 2.75) is 23.0 Å². The number of sulfonamides is 1. The lowest BCUT2D eigenvalue weighted by Gasteiger charge is -2.22. The summed E-state index contributed by atoms with van der Waals surface area (Å²) in [5.41, 5.74) is 0.706. The molecule has 106 valence electrons. The van der Waals surface area contributed by atoms with Crippen LogP contribution in [0.5, 0.6) is 0 Å². The first-order chi connectivity index (χ1) is 8.97. The Balaban J connectivity index is 2.02. The van der Waals surface area contributed by atoms with Gasteiger partial charge in [-0.1, -0.05) is 0 Å². The molecule has 0 radical (unpaired) electrons. The lowest BCUT2D eigenvalue weighted by atomic mass is 10.2. The van der Waals surface area contributed by atoms with Crippen molar-refractivity contribution in [1.29, 1.82) is 0 Å². The van der Waals surface area contributed by atoms with E-state index in [1.54, 1.807) is 7.05 Å². The molecule has 1 aromatic carbocycles. The van der Waals surface area contributed by atoms with Crippen molar-refractivity contribution in [1.82, 2.24) is 5.32 Å². The Morgan fingerprint density at radius 3 is 2.32 bits per heavy atom. The van der Waals surface area contributed by atoms with Crippen LogP contribution in [0.25, 0.3) is 0 Å². The molecule has 1 fully saturated rings. The molecule has 1 N–H and O–H groups in total. The van der Waals surface area contributed by atoms with Gasteiger partial charge in [-0.25, -0.2) is 8.42 Å². The van der Waals surface area contributed by atoms with Crippen LogP contribution in [0.2, 0.25) is 0 Å². The molecule has 1 aromatic rings. The number of thioether (sulfide) groups is 1. The second-order valence-electron chi connectivity index (χ2n) is 4.79. The van der Waals surface area contributed by atoms with Crippen molar-refractivity contribution in [3.63, 3.8) is 0 Å². The molecule has 1 aliphatic heterocycles. The first-order valence-electron chi connectivity index (χ1n) is 6.38. The van der Waals surface area contributed by atoms with E-state index < -0.39 is 10.0 Å². The molecule has 0 unspecified atom stereocenters. The predicted molar refractivity (Wildman–Crippen MR) is 81.4 cm³/mol. The third-order valence-corrected chi connectivity index (χ3v) is 5.84. The minimum absolute atomic E-state index is 0.666. The number of hydrogen-bond donors (Lipinski definition) is 1. The number of anilines is 1. The van der Waals surface area contributed by atoms with Crippen LogP contribution in [-0.2, 0) is 10.0 Å². The Hall–Kier alpha value is -0.720. The standard InChI is InChI=1S/C13H20N2O2S2/c1-15(19(2,16)17)11-3-5-12(6-4-11)18-13-7-9-14-10-8-13/h3-6,13-14H,7-10H2,1-2H3. The van der Waals surface area contributed by atoms with Crippen LogP contribution < -0.4 is 9.62 Å². The number of piperidine rings is 1. The van der Waals surface area contributed by atoms with E-state index in [1.165, 1.54) is 28.3 Å². The quantitative estimate of drug-likeness (QED) is 0.923. The van der Waals surface area contributed by atoms with E-state index in [1.807, 2.05) is 36.0 Å². The molecular weight excluding hydrogens is 280 g/mol. The number of rotatable bonds is 4. The van der Waals surface area contributed by atoms with Crippen LogP contribution in [0, 0.1) is 0 Å². The Bertz CT molecular complexity index is 508. The second kappa shape index (κ2) is 6.15. The van der Waals surface area contributed by atoms with Gasteiger partial charge in [0.2, 0.25) is 10.0 Å². The van der Waals surface area contributed by atoms with Gasteiger partial charge in [0.25, 0.3) is 0 Å². The van der Waals surface area contributed by atoms with Crippen molar-refractivity contribution >= 4 is 27.5 Å². The van der Waals surface area contributed by atoms with Gasteiger partial charge in [-0.3, -0.25) is 4.31 Å². The SMILES string of the molecule is CN(c1ccc(SC2CCNCC2)cc1)S(C)(=O)=O. The third-order valence-electron chi connectivity index (χ3n) is 3.29. The normalized spacial score (nSPS) is 17.4. The summed E-state index contributed by atoms with van der Waals surface area (Å²) in [4.78, 5) is 1.21. The molecule has 0 amide bonds. The lowest BCUT2D eigenvalue weighted by molar-refractivity contribution is 0.531. The molecule has 2 rings (SSSR count). The largest absolute Gasteiger partial charge is 0.317 e. The highest BCUT2D eigenvalue weighted by molar-refractivity contribution is 8.00. The monoisotopic (exact) mass is 300 g/mol. The molecule has 0 aromatic heterocycles. The first-order valence-corrected chi connectivity index (χ1v) is 9.11. The van der Waals surface area contributed by atoms with E-state index in [4.69, 9.17) is 0 Å². The van der Waals surface area contributed by atoms with Gasteiger partial charge >= 0.3 is 0 Å². The summed E-state index contributed by atoms with van der Waals surface area (Å²) in [6.45, 7) is 2.18. The molecule has 0 saturated carbocycles.